The second-order valence-corrected chi connectivity index (χ2v) is 5.77. The number of sulfone groups is 1. The molecule has 3 N–H and O–H groups in total. The van der Waals surface area contributed by atoms with E-state index in [-0.39, 0.29) is 10.8 Å². The molecule has 1 heterocycles. The summed E-state index contributed by atoms with van der Waals surface area (Å²) in [6.45, 7) is 0. The van der Waals surface area contributed by atoms with Gasteiger partial charge >= 0.3 is 0 Å². The lowest BCUT2D eigenvalue weighted by Crippen LogP contribution is -2.19. The van der Waals surface area contributed by atoms with E-state index in [1.165, 1.54) is 24.3 Å². The molecule has 0 radical (unpaired) electrons. The van der Waals surface area contributed by atoms with Gasteiger partial charge in [-0.2, -0.15) is 0 Å². The van der Waals surface area contributed by atoms with Crippen LogP contribution in [0.3, 0.4) is 0 Å². The number of nitrogen functional groups attached to an aromatic ring is 1. The van der Waals surface area contributed by atoms with E-state index in [0.29, 0.717) is 5.02 Å². The summed E-state index contributed by atoms with van der Waals surface area (Å²) in [5.74, 6) is -0.143. The number of benzene rings is 1. The monoisotopic (exact) mass is 285 g/mol. The number of nitrogens with two attached hydrogens (primary N) is 1. The first-order valence-corrected chi connectivity index (χ1v) is 6.63. The van der Waals surface area contributed by atoms with Crippen LogP contribution in [-0.4, -0.2) is 18.4 Å². The molecule has 0 bridgehead atoms. The standard InChI is InChI=1S/C10H8ClN3O3S/c11-6-1-3-7(4-2-6)18(16,17)8-5-13-10(12)14-9(8)15/h1-5H,(H3,12,13,14,15). The van der Waals surface area contributed by atoms with Gasteiger partial charge < -0.3 is 5.73 Å². The third kappa shape index (κ3) is 2.22. The van der Waals surface area contributed by atoms with Crippen LogP contribution in [0.2, 0.25) is 5.02 Å². The van der Waals surface area contributed by atoms with E-state index in [0.717, 1.165) is 6.20 Å². The molecule has 6 nitrogen and oxygen atoms in total. The fourth-order valence-electron chi connectivity index (χ4n) is 1.33. The van der Waals surface area contributed by atoms with Crippen molar-refractivity contribution in [2.24, 2.45) is 0 Å². The summed E-state index contributed by atoms with van der Waals surface area (Å²) in [5.41, 5.74) is 4.44. The van der Waals surface area contributed by atoms with Crippen LogP contribution in [0.1, 0.15) is 0 Å². The minimum absolute atomic E-state index is 0.0380. The van der Waals surface area contributed by atoms with Crippen molar-refractivity contribution in [3.63, 3.8) is 0 Å². The van der Waals surface area contributed by atoms with E-state index in [4.69, 9.17) is 17.3 Å². The molecule has 1 aromatic heterocycles. The van der Waals surface area contributed by atoms with Gasteiger partial charge in [0.2, 0.25) is 9.84 Å². The highest BCUT2D eigenvalue weighted by atomic mass is 35.5. The second-order valence-electron chi connectivity index (χ2n) is 3.42. The Bertz CT molecular complexity index is 738. The molecule has 0 amide bonds. The number of nitrogens with one attached hydrogen (secondary N) is 1. The Labute approximate surface area is 107 Å². The highest BCUT2D eigenvalue weighted by Gasteiger charge is 2.21. The lowest BCUT2D eigenvalue weighted by molar-refractivity contribution is 0.594. The summed E-state index contributed by atoms with van der Waals surface area (Å²) in [6.07, 6.45) is 0.929. The second kappa shape index (κ2) is 4.43. The summed E-state index contributed by atoms with van der Waals surface area (Å²) in [4.78, 5) is 16.7. The fraction of sp³-hybridized carbons (Fsp3) is 0. The van der Waals surface area contributed by atoms with Gasteiger partial charge in [0.05, 0.1) is 11.1 Å². The van der Waals surface area contributed by atoms with Crippen LogP contribution in [0.25, 0.3) is 0 Å². The van der Waals surface area contributed by atoms with Crippen molar-refractivity contribution in [3.05, 3.63) is 45.8 Å². The predicted octanol–water partition coefficient (Wildman–Crippen LogP) is 0.838. The lowest BCUT2D eigenvalue weighted by Gasteiger charge is -2.03. The number of nitrogens with zero attached hydrogens (tertiary/aromatic N) is 1. The number of H-pyrrole nitrogens is 1. The molecule has 0 atom stereocenters. The largest absolute Gasteiger partial charge is 0.369 e. The van der Waals surface area contributed by atoms with E-state index >= 15 is 0 Å². The third-order valence-electron chi connectivity index (χ3n) is 2.20. The number of halogens is 1. The van der Waals surface area contributed by atoms with Crippen LogP contribution in [-0.2, 0) is 9.84 Å². The Kier molecular flexibility index (Phi) is 3.10. The average Bonchev–Trinajstić information content (AvgIpc) is 2.29. The Balaban J connectivity index is 2.62. The maximum atomic E-state index is 12.1. The zero-order valence-electron chi connectivity index (χ0n) is 8.92. The molecule has 2 rings (SSSR count). The van der Waals surface area contributed by atoms with Gasteiger partial charge in [-0.3, -0.25) is 9.78 Å². The molecule has 0 fully saturated rings. The Morgan fingerprint density at radius 2 is 1.83 bits per heavy atom. The van der Waals surface area contributed by atoms with Crippen molar-refractivity contribution >= 4 is 27.4 Å². The first-order chi connectivity index (χ1) is 8.41. The van der Waals surface area contributed by atoms with Gasteiger partial charge in [-0.15, -0.1) is 0 Å². The Morgan fingerprint density at radius 3 is 2.39 bits per heavy atom. The van der Waals surface area contributed by atoms with Crippen LogP contribution in [0.5, 0.6) is 0 Å². The Morgan fingerprint density at radius 1 is 1.22 bits per heavy atom. The maximum Gasteiger partial charge on any atom is 0.271 e. The molecule has 0 unspecified atom stereocenters. The number of aromatic nitrogens is 2. The van der Waals surface area contributed by atoms with Gasteiger partial charge in [-0.1, -0.05) is 11.6 Å². The molecule has 0 saturated heterocycles. The smallest absolute Gasteiger partial charge is 0.271 e. The van der Waals surface area contributed by atoms with Crippen molar-refractivity contribution < 1.29 is 8.42 Å². The number of aromatic amines is 1. The molecule has 18 heavy (non-hydrogen) atoms. The van der Waals surface area contributed by atoms with Gasteiger partial charge in [0.15, 0.2) is 10.8 Å². The molecule has 0 spiro atoms. The predicted molar refractivity (Wildman–Crippen MR) is 66.2 cm³/mol. The van der Waals surface area contributed by atoms with E-state index in [1.807, 2.05) is 0 Å². The van der Waals surface area contributed by atoms with Crippen LogP contribution >= 0.6 is 11.6 Å². The van der Waals surface area contributed by atoms with Gasteiger partial charge in [-0.25, -0.2) is 13.4 Å². The van der Waals surface area contributed by atoms with Crippen molar-refractivity contribution in [1.29, 1.82) is 0 Å². The van der Waals surface area contributed by atoms with Crippen LogP contribution in [0.15, 0.2) is 45.0 Å². The average molecular weight is 286 g/mol. The van der Waals surface area contributed by atoms with E-state index < -0.39 is 20.3 Å². The molecule has 1 aromatic carbocycles. The zero-order valence-corrected chi connectivity index (χ0v) is 10.5. The molecule has 0 aliphatic carbocycles. The molecule has 94 valence electrons. The number of hydrogen-bond acceptors (Lipinski definition) is 5. The molecular weight excluding hydrogens is 278 g/mol. The molecule has 2 aromatic rings. The third-order valence-corrected chi connectivity index (χ3v) is 4.21. The molecule has 0 saturated carbocycles. The summed E-state index contributed by atoms with van der Waals surface area (Å²) in [6, 6.07) is 5.47. The quantitative estimate of drug-likeness (QED) is 0.850. The van der Waals surface area contributed by atoms with Crippen LogP contribution in [0.4, 0.5) is 5.95 Å². The van der Waals surface area contributed by atoms with E-state index in [1.54, 1.807) is 0 Å². The van der Waals surface area contributed by atoms with Crippen molar-refractivity contribution in [3.8, 4) is 0 Å². The summed E-state index contributed by atoms with van der Waals surface area (Å²) >= 11 is 5.67. The number of rotatable bonds is 2. The normalized spacial score (nSPS) is 11.4. The first kappa shape index (κ1) is 12.6. The summed E-state index contributed by atoms with van der Waals surface area (Å²) in [7, 11) is -3.92. The highest BCUT2D eigenvalue weighted by molar-refractivity contribution is 7.91. The van der Waals surface area contributed by atoms with E-state index in [2.05, 4.69) is 9.97 Å². The van der Waals surface area contributed by atoms with Crippen molar-refractivity contribution in [2.75, 3.05) is 5.73 Å². The van der Waals surface area contributed by atoms with E-state index in [9.17, 15) is 13.2 Å². The molecular formula is C10H8ClN3O3S. The van der Waals surface area contributed by atoms with Gasteiger partial charge in [0.25, 0.3) is 5.56 Å². The highest BCUT2D eigenvalue weighted by Crippen LogP contribution is 2.19. The van der Waals surface area contributed by atoms with Gasteiger partial charge in [0, 0.05) is 5.02 Å². The van der Waals surface area contributed by atoms with Gasteiger partial charge in [0.1, 0.15) is 0 Å². The SMILES string of the molecule is Nc1ncc(S(=O)(=O)c2ccc(Cl)cc2)c(=O)[nH]1. The molecule has 8 heteroatoms. The summed E-state index contributed by atoms with van der Waals surface area (Å²) < 4.78 is 24.3. The fourth-order valence-corrected chi connectivity index (χ4v) is 2.69. The minimum Gasteiger partial charge on any atom is -0.369 e. The van der Waals surface area contributed by atoms with Crippen molar-refractivity contribution in [1.82, 2.24) is 9.97 Å². The maximum absolute atomic E-state index is 12.1. The summed E-state index contributed by atoms with van der Waals surface area (Å²) in [5, 5.41) is 0.401. The Hall–Kier alpha value is -1.86. The number of hydrogen-bond donors (Lipinski definition) is 2. The minimum atomic E-state index is -3.92. The first-order valence-electron chi connectivity index (χ1n) is 4.77. The van der Waals surface area contributed by atoms with Crippen LogP contribution < -0.4 is 11.3 Å². The van der Waals surface area contributed by atoms with Gasteiger partial charge in [-0.05, 0) is 24.3 Å². The van der Waals surface area contributed by atoms with Crippen LogP contribution in [0, 0.1) is 0 Å². The molecule has 0 aliphatic rings. The van der Waals surface area contributed by atoms with Crippen molar-refractivity contribution in [2.45, 2.75) is 9.79 Å². The lowest BCUT2D eigenvalue weighted by atomic mass is 10.4. The number of anilines is 1. The zero-order chi connectivity index (χ0) is 13.3. The topological polar surface area (TPSA) is 106 Å². The molecule has 0 aliphatic heterocycles.